The van der Waals surface area contributed by atoms with Crippen LogP contribution in [-0.2, 0) is 27.3 Å². The molecule has 0 aliphatic heterocycles. The largest absolute Gasteiger partial charge is 0.469 e. The maximum atomic E-state index is 11.8. The van der Waals surface area contributed by atoms with Crippen molar-refractivity contribution in [3.63, 3.8) is 0 Å². The quantitative estimate of drug-likeness (QED) is 0.641. The summed E-state index contributed by atoms with van der Waals surface area (Å²) in [7, 11) is 1.47. The smallest absolute Gasteiger partial charge is 0.305 e. The number of methoxy groups -OCH3 is 1. The van der Waals surface area contributed by atoms with Crippen molar-refractivity contribution in [3.05, 3.63) is 71.8 Å². The number of rotatable bonds is 8. The van der Waals surface area contributed by atoms with Crippen molar-refractivity contribution in [3.8, 4) is 0 Å². The SMILES string of the molecule is COC(=O)C[C@H]1CCC[C@@H]1[C@@H](Cc1ccccc1)OCc1ccccc1. The van der Waals surface area contributed by atoms with E-state index in [0.717, 1.165) is 25.7 Å². The summed E-state index contributed by atoms with van der Waals surface area (Å²) in [6.07, 6.45) is 4.87. The highest BCUT2D eigenvalue weighted by Gasteiger charge is 2.35. The normalized spacial score (nSPS) is 20.7. The van der Waals surface area contributed by atoms with Crippen molar-refractivity contribution in [1.82, 2.24) is 0 Å². The van der Waals surface area contributed by atoms with Gasteiger partial charge in [-0.2, -0.15) is 0 Å². The van der Waals surface area contributed by atoms with Gasteiger partial charge in [0.2, 0.25) is 0 Å². The summed E-state index contributed by atoms with van der Waals surface area (Å²) in [5, 5.41) is 0. The molecule has 1 saturated carbocycles. The first-order chi connectivity index (χ1) is 12.8. The lowest BCUT2D eigenvalue weighted by Crippen LogP contribution is -2.30. The number of ether oxygens (including phenoxy) is 2. The summed E-state index contributed by atoms with van der Waals surface area (Å²) in [6.45, 7) is 0.611. The van der Waals surface area contributed by atoms with E-state index in [4.69, 9.17) is 9.47 Å². The summed E-state index contributed by atoms with van der Waals surface area (Å²) in [6, 6.07) is 20.8. The molecule has 0 heterocycles. The molecule has 0 N–H and O–H groups in total. The van der Waals surface area contributed by atoms with E-state index in [-0.39, 0.29) is 12.1 Å². The molecule has 26 heavy (non-hydrogen) atoms. The van der Waals surface area contributed by atoms with Gasteiger partial charge in [0.1, 0.15) is 0 Å². The highest BCUT2D eigenvalue weighted by molar-refractivity contribution is 5.69. The second kappa shape index (κ2) is 9.54. The molecule has 2 aromatic rings. The molecule has 2 aromatic carbocycles. The van der Waals surface area contributed by atoms with E-state index in [1.807, 2.05) is 24.3 Å². The van der Waals surface area contributed by atoms with Crippen molar-refractivity contribution in [2.45, 2.75) is 44.8 Å². The van der Waals surface area contributed by atoms with Crippen molar-refractivity contribution < 1.29 is 14.3 Å². The Hall–Kier alpha value is -2.13. The van der Waals surface area contributed by atoms with Crippen LogP contribution in [0.25, 0.3) is 0 Å². The molecule has 3 nitrogen and oxygen atoms in total. The van der Waals surface area contributed by atoms with Gasteiger partial charge in [-0.05, 0) is 42.2 Å². The standard InChI is InChI=1S/C23H28O3/c1-25-23(24)16-20-13-8-14-21(20)22(15-18-9-4-2-5-10-18)26-17-19-11-6-3-7-12-19/h2-7,9-12,20-22H,8,13-17H2,1H3/t20-,21+,22-/m1/s1. The van der Waals surface area contributed by atoms with Crippen molar-refractivity contribution >= 4 is 5.97 Å². The first-order valence-corrected chi connectivity index (χ1v) is 9.52. The number of benzene rings is 2. The molecule has 1 aliphatic rings. The highest BCUT2D eigenvalue weighted by atomic mass is 16.5. The second-order valence-electron chi connectivity index (χ2n) is 7.16. The van der Waals surface area contributed by atoms with Crippen LogP contribution in [0.2, 0.25) is 0 Å². The van der Waals surface area contributed by atoms with E-state index in [9.17, 15) is 4.79 Å². The molecule has 3 atom stereocenters. The maximum absolute atomic E-state index is 11.8. The average Bonchev–Trinajstić information content (AvgIpc) is 3.14. The Bertz CT molecular complexity index is 668. The van der Waals surface area contributed by atoms with E-state index in [2.05, 4.69) is 36.4 Å². The maximum Gasteiger partial charge on any atom is 0.305 e. The van der Waals surface area contributed by atoms with Crippen LogP contribution >= 0.6 is 0 Å². The van der Waals surface area contributed by atoms with Gasteiger partial charge in [0.05, 0.1) is 19.8 Å². The van der Waals surface area contributed by atoms with E-state index in [1.165, 1.54) is 18.2 Å². The van der Waals surface area contributed by atoms with Gasteiger partial charge < -0.3 is 9.47 Å². The van der Waals surface area contributed by atoms with E-state index < -0.39 is 0 Å². The van der Waals surface area contributed by atoms with Gasteiger partial charge in [-0.1, -0.05) is 67.1 Å². The number of esters is 1. The van der Waals surface area contributed by atoms with Crippen molar-refractivity contribution in [2.24, 2.45) is 11.8 Å². The van der Waals surface area contributed by atoms with Gasteiger partial charge in [-0.3, -0.25) is 4.79 Å². The van der Waals surface area contributed by atoms with E-state index in [0.29, 0.717) is 24.9 Å². The van der Waals surface area contributed by atoms with E-state index >= 15 is 0 Å². The number of hydrogen-bond donors (Lipinski definition) is 0. The summed E-state index contributed by atoms with van der Waals surface area (Å²) in [4.78, 5) is 11.8. The minimum atomic E-state index is -0.108. The molecule has 1 fully saturated rings. The fraction of sp³-hybridized carbons (Fsp3) is 0.435. The first-order valence-electron chi connectivity index (χ1n) is 9.52. The second-order valence-corrected chi connectivity index (χ2v) is 7.16. The fourth-order valence-electron chi connectivity index (χ4n) is 4.06. The molecule has 0 radical (unpaired) electrons. The monoisotopic (exact) mass is 352 g/mol. The highest BCUT2D eigenvalue weighted by Crippen LogP contribution is 2.39. The number of carbonyl (C=O) groups is 1. The van der Waals surface area contributed by atoms with Gasteiger partial charge in [-0.15, -0.1) is 0 Å². The van der Waals surface area contributed by atoms with Crippen LogP contribution in [0.5, 0.6) is 0 Å². The molecule has 0 saturated heterocycles. The van der Waals surface area contributed by atoms with Gasteiger partial charge in [0.25, 0.3) is 0 Å². The zero-order valence-electron chi connectivity index (χ0n) is 15.5. The third-order valence-corrected chi connectivity index (χ3v) is 5.44. The van der Waals surface area contributed by atoms with Crippen LogP contribution in [0.3, 0.4) is 0 Å². The molecule has 138 valence electrons. The minimum Gasteiger partial charge on any atom is -0.469 e. The Balaban J connectivity index is 1.71. The Morgan fingerprint density at radius 2 is 1.65 bits per heavy atom. The van der Waals surface area contributed by atoms with Crippen LogP contribution in [0.1, 0.15) is 36.8 Å². The van der Waals surface area contributed by atoms with Gasteiger partial charge >= 0.3 is 5.97 Å². The summed E-state index contributed by atoms with van der Waals surface area (Å²) in [5.41, 5.74) is 2.47. The van der Waals surface area contributed by atoms with Crippen LogP contribution in [-0.4, -0.2) is 19.2 Å². The van der Waals surface area contributed by atoms with Crippen LogP contribution in [0.15, 0.2) is 60.7 Å². The summed E-state index contributed by atoms with van der Waals surface area (Å²) in [5.74, 6) is 0.647. The van der Waals surface area contributed by atoms with Crippen LogP contribution in [0, 0.1) is 11.8 Å². The van der Waals surface area contributed by atoms with Crippen LogP contribution < -0.4 is 0 Å². The minimum absolute atomic E-state index is 0.108. The Labute approximate surface area is 156 Å². The Kier molecular flexibility index (Phi) is 6.84. The molecule has 0 amide bonds. The molecular weight excluding hydrogens is 324 g/mol. The molecule has 0 unspecified atom stereocenters. The summed E-state index contributed by atoms with van der Waals surface area (Å²) >= 11 is 0. The lowest BCUT2D eigenvalue weighted by Gasteiger charge is -2.29. The van der Waals surface area contributed by atoms with Crippen molar-refractivity contribution in [2.75, 3.05) is 7.11 Å². The van der Waals surface area contributed by atoms with Gasteiger partial charge in [0, 0.05) is 6.42 Å². The topological polar surface area (TPSA) is 35.5 Å². The number of carbonyl (C=O) groups excluding carboxylic acids is 1. The molecular formula is C23H28O3. The van der Waals surface area contributed by atoms with Crippen molar-refractivity contribution in [1.29, 1.82) is 0 Å². The Morgan fingerprint density at radius 3 is 2.31 bits per heavy atom. The molecule has 3 rings (SSSR count). The zero-order valence-corrected chi connectivity index (χ0v) is 15.5. The lowest BCUT2D eigenvalue weighted by molar-refractivity contribution is -0.142. The molecule has 0 aromatic heterocycles. The predicted octanol–water partition coefficient (Wildman–Crippen LogP) is 4.79. The average molecular weight is 352 g/mol. The Morgan fingerprint density at radius 1 is 1.00 bits per heavy atom. The zero-order chi connectivity index (χ0) is 18.2. The predicted molar refractivity (Wildman–Crippen MR) is 103 cm³/mol. The molecule has 1 aliphatic carbocycles. The van der Waals surface area contributed by atoms with Crippen LogP contribution in [0.4, 0.5) is 0 Å². The van der Waals surface area contributed by atoms with E-state index in [1.54, 1.807) is 0 Å². The number of hydrogen-bond acceptors (Lipinski definition) is 3. The third kappa shape index (κ3) is 5.18. The first kappa shape index (κ1) is 18.7. The lowest BCUT2D eigenvalue weighted by atomic mass is 9.85. The van der Waals surface area contributed by atoms with Gasteiger partial charge in [-0.25, -0.2) is 0 Å². The van der Waals surface area contributed by atoms with Gasteiger partial charge in [0.15, 0.2) is 0 Å². The molecule has 0 spiro atoms. The fourth-order valence-corrected chi connectivity index (χ4v) is 4.06. The molecule has 3 heteroatoms. The molecule has 0 bridgehead atoms. The summed E-state index contributed by atoms with van der Waals surface area (Å²) < 4.78 is 11.3. The third-order valence-electron chi connectivity index (χ3n) is 5.44.